The molecular weight excluding hydrogens is 346 g/mol. The second-order valence-corrected chi connectivity index (χ2v) is 8.78. The first-order valence-corrected chi connectivity index (χ1v) is 11.8. The molecule has 3 rings (SSSR count). The molecule has 0 bridgehead atoms. The van der Waals surface area contributed by atoms with Crippen LogP contribution in [0.15, 0.2) is 12.3 Å². The number of likely N-dealkylation sites (tertiary alicyclic amines) is 1. The summed E-state index contributed by atoms with van der Waals surface area (Å²) in [6, 6.07) is 2.58. The molecule has 0 aromatic carbocycles. The number of nitrogens with zero attached hydrogens (tertiary/aromatic N) is 4. The minimum atomic E-state index is 0.506. The van der Waals surface area contributed by atoms with Crippen LogP contribution in [-0.4, -0.2) is 53.6 Å². The monoisotopic (exact) mass is 387 g/mol. The van der Waals surface area contributed by atoms with Crippen molar-refractivity contribution in [3.05, 3.63) is 12.3 Å². The van der Waals surface area contributed by atoms with Crippen LogP contribution in [0.2, 0.25) is 0 Å². The van der Waals surface area contributed by atoms with Gasteiger partial charge >= 0.3 is 0 Å². The Morgan fingerprint density at radius 1 is 1.07 bits per heavy atom. The lowest BCUT2D eigenvalue weighted by atomic mass is 9.97. The topological polar surface area (TPSA) is 44.3 Å². The highest BCUT2D eigenvalue weighted by Gasteiger charge is 2.22. The summed E-state index contributed by atoms with van der Waals surface area (Å²) in [6.45, 7) is 10.6. The Morgan fingerprint density at radius 2 is 1.82 bits per heavy atom. The Kier molecular flexibility index (Phi) is 8.84. The molecule has 2 aliphatic heterocycles. The standard InChI is InChI=1S/C23H41N5/c1-3-5-10-20(4-2)19-27-17-12-21(13-18-27)25-23-24-14-11-22(26-23)28-15-8-6-7-9-16-28/h11,14,20-21H,3-10,12-13,15-19H2,1-2H3,(H,24,25,26). The number of piperidine rings is 1. The molecule has 1 N–H and O–H groups in total. The van der Waals surface area contributed by atoms with E-state index in [-0.39, 0.29) is 0 Å². The Labute approximate surface area is 172 Å². The lowest BCUT2D eigenvalue weighted by molar-refractivity contribution is 0.180. The number of nitrogens with one attached hydrogen (secondary N) is 1. The van der Waals surface area contributed by atoms with E-state index >= 15 is 0 Å². The van der Waals surface area contributed by atoms with Crippen LogP contribution in [0.5, 0.6) is 0 Å². The fourth-order valence-corrected chi connectivity index (χ4v) is 4.62. The summed E-state index contributed by atoms with van der Waals surface area (Å²) in [5.74, 6) is 2.78. The first-order chi connectivity index (χ1) is 13.8. The number of aromatic nitrogens is 2. The van der Waals surface area contributed by atoms with Crippen molar-refractivity contribution in [2.75, 3.05) is 42.9 Å². The zero-order valence-electron chi connectivity index (χ0n) is 18.2. The Hall–Kier alpha value is -1.36. The van der Waals surface area contributed by atoms with E-state index in [0.717, 1.165) is 30.8 Å². The summed E-state index contributed by atoms with van der Waals surface area (Å²) in [5, 5.41) is 3.62. The van der Waals surface area contributed by atoms with Gasteiger partial charge in [0.1, 0.15) is 5.82 Å². The number of rotatable bonds is 9. The van der Waals surface area contributed by atoms with Crippen LogP contribution in [0, 0.1) is 5.92 Å². The summed E-state index contributed by atoms with van der Waals surface area (Å²) >= 11 is 0. The highest BCUT2D eigenvalue weighted by atomic mass is 15.2. The van der Waals surface area contributed by atoms with Crippen LogP contribution >= 0.6 is 0 Å². The summed E-state index contributed by atoms with van der Waals surface area (Å²) in [4.78, 5) is 14.5. The molecule has 158 valence electrons. The predicted molar refractivity (Wildman–Crippen MR) is 119 cm³/mol. The van der Waals surface area contributed by atoms with Gasteiger partial charge in [-0.05, 0) is 44.1 Å². The molecule has 0 aliphatic carbocycles. The quantitative estimate of drug-likeness (QED) is 0.649. The first-order valence-electron chi connectivity index (χ1n) is 11.8. The predicted octanol–water partition coefficient (Wildman–Crippen LogP) is 4.95. The molecule has 0 amide bonds. The number of unbranched alkanes of at least 4 members (excludes halogenated alkanes) is 1. The van der Waals surface area contributed by atoms with Crippen molar-refractivity contribution in [1.29, 1.82) is 0 Å². The summed E-state index contributed by atoms with van der Waals surface area (Å²) < 4.78 is 0. The van der Waals surface area contributed by atoms with Gasteiger partial charge in [-0.3, -0.25) is 0 Å². The molecule has 1 aromatic heterocycles. The normalized spacial score (nSPS) is 20.7. The van der Waals surface area contributed by atoms with Gasteiger partial charge in [-0.25, -0.2) is 4.98 Å². The van der Waals surface area contributed by atoms with E-state index in [2.05, 4.69) is 40.0 Å². The zero-order chi connectivity index (χ0) is 19.6. The van der Waals surface area contributed by atoms with E-state index in [9.17, 15) is 0 Å². The number of hydrogen-bond donors (Lipinski definition) is 1. The maximum Gasteiger partial charge on any atom is 0.224 e. The molecular formula is C23H41N5. The SMILES string of the molecule is CCCCC(CC)CN1CCC(Nc2nccc(N3CCCCCC3)n2)CC1. The van der Waals surface area contributed by atoms with Gasteiger partial charge in [-0.15, -0.1) is 0 Å². The molecule has 0 radical (unpaired) electrons. The second-order valence-electron chi connectivity index (χ2n) is 8.78. The van der Waals surface area contributed by atoms with Crippen LogP contribution in [0.25, 0.3) is 0 Å². The van der Waals surface area contributed by atoms with Crippen LogP contribution in [-0.2, 0) is 0 Å². The number of hydrogen-bond acceptors (Lipinski definition) is 5. The summed E-state index contributed by atoms with van der Waals surface area (Å²) in [6.07, 6.45) is 15.0. The van der Waals surface area contributed by atoms with E-state index in [0.29, 0.717) is 6.04 Å². The third-order valence-electron chi connectivity index (χ3n) is 6.55. The van der Waals surface area contributed by atoms with Crippen molar-refractivity contribution in [3.63, 3.8) is 0 Å². The third-order valence-corrected chi connectivity index (χ3v) is 6.55. The van der Waals surface area contributed by atoms with Gasteiger partial charge < -0.3 is 15.1 Å². The van der Waals surface area contributed by atoms with Crippen molar-refractivity contribution in [3.8, 4) is 0 Å². The van der Waals surface area contributed by atoms with Crippen molar-refractivity contribution < 1.29 is 0 Å². The van der Waals surface area contributed by atoms with Crippen LogP contribution < -0.4 is 10.2 Å². The van der Waals surface area contributed by atoms with Gasteiger partial charge in [0.05, 0.1) is 0 Å². The molecule has 5 heteroatoms. The Bertz CT molecular complexity index is 548. The molecule has 0 saturated carbocycles. The smallest absolute Gasteiger partial charge is 0.224 e. The van der Waals surface area contributed by atoms with Gasteiger partial charge in [0, 0.05) is 45.0 Å². The molecule has 0 spiro atoms. The van der Waals surface area contributed by atoms with E-state index < -0.39 is 0 Å². The van der Waals surface area contributed by atoms with Crippen LogP contribution in [0.4, 0.5) is 11.8 Å². The van der Waals surface area contributed by atoms with E-state index in [1.54, 1.807) is 0 Å². The molecule has 3 heterocycles. The Morgan fingerprint density at radius 3 is 2.50 bits per heavy atom. The molecule has 2 saturated heterocycles. The molecule has 2 fully saturated rings. The lowest BCUT2D eigenvalue weighted by Gasteiger charge is -2.34. The minimum absolute atomic E-state index is 0.506. The summed E-state index contributed by atoms with van der Waals surface area (Å²) in [7, 11) is 0. The molecule has 28 heavy (non-hydrogen) atoms. The average Bonchev–Trinajstić information content (AvgIpc) is 3.02. The average molecular weight is 388 g/mol. The maximum atomic E-state index is 4.84. The highest BCUT2D eigenvalue weighted by molar-refractivity contribution is 5.43. The van der Waals surface area contributed by atoms with E-state index in [1.807, 2.05) is 6.20 Å². The molecule has 1 unspecified atom stereocenters. The third kappa shape index (κ3) is 6.61. The van der Waals surface area contributed by atoms with Gasteiger partial charge in [0.2, 0.25) is 5.95 Å². The second kappa shape index (κ2) is 11.6. The van der Waals surface area contributed by atoms with Gasteiger partial charge in [0.25, 0.3) is 0 Å². The van der Waals surface area contributed by atoms with Gasteiger partial charge in [-0.2, -0.15) is 4.98 Å². The van der Waals surface area contributed by atoms with Crippen molar-refractivity contribution in [2.24, 2.45) is 5.92 Å². The van der Waals surface area contributed by atoms with Crippen molar-refractivity contribution in [1.82, 2.24) is 14.9 Å². The molecule has 2 aliphatic rings. The lowest BCUT2D eigenvalue weighted by Crippen LogP contribution is -2.41. The maximum absolute atomic E-state index is 4.84. The fourth-order valence-electron chi connectivity index (χ4n) is 4.62. The summed E-state index contributed by atoms with van der Waals surface area (Å²) in [5.41, 5.74) is 0. The van der Waals surface area contributed by atoms with Gasteiger partial charge in [-0.1, -0.05) is 46.0 Å². The highest BCUT2D eigenvalue weighted by Crippen LogP contribution is 2.21. The number of anilines is 2. The fraction of sp³-hybridized carbons (Fsp3) is 0.826. The van der Waals surface area contributed by atoms with Crippen LogP contribution in [0.1, 0.15) is 78.1 Å². The van der Waals surface area contributed by atoms with Crippen LogP contribution in [0.3, 0.4) is 0 Å². The van der Waals surface area contributed by atoms with E-state index in [4.69, 9.17) is 4.98 Å². The van der Waals surface area contributed by atoms with Crippen molar-refractivity contribution >= 4 is 11.8 Å². The minimum Gasteiger partial charge on any atom is -0.356 e. The zero-order valence-corrected chi connectivity index (χ0v) is 18.2. The largest absolute Gasteiger partial charge is 0.356 e. The van der Waals surface area contributed by atoms with Crippen molar-refractivity contribution in [2.45, 2.75) is 84.1 Å². The molecule has 5 nitrogen and oxygen atoms in total. The molecule has 1 aromatic rings. The molecule has 1 atom stereocenters. The van der Waals surface area contributed by atoms with E-state index in [1.165, 1.54) is 83.8 Å². The Balaban J connectivity index is 1.46. The first kappa shape index (κ1) is 21.4. The van der Waals surface area contributed by atoms with Gasteiger partial charge in [0.15, 0.2) is 0 Å².